The Balaban J connectivity index is 2.20. The molecule has 1 atom stereocenters. The summed E-state index contributed by atoms with van der Waals surface area (Å²) in [5.74, 6) is -2.07. The highest BCUT2D eigenvalue weighted by Crippen LogP contribution is 2.23. The summed E-state index contributed by atoms with van der Waals surface area (Å²) >= 11 is 5.62. The minimum Gasteiger partial charge on any atom is -0.388 e. The smallest absolute Gasteiger partial charge is 0.141 e. The third-order valence-corrected chi connectivity index (χ3v) is 2.97. The standard InChI is InChI=1S/C14H10ClF3O/c15-12-3-8(1-2-13(12)18)4-14(19)9-5-10(16)7-11(17)6-9/h1-3,5-7,14,19H,4H2. The fourth-order valence-electron chi connectivity index (χ4n) is 1.78. The minimum absolute atomic E-state index is 0.0601. The van der Waals surface area contributed by atoms with Crippen LogP contribution in [0.15, 0.2) is 36.4 Å². The maximum absolute atomic E-state index is 13.0. The molecule has 0 amide bonds. The number of aliphatic hydroxyl groups excluding tert-OH is 1. The molecule has 0 saturated heterocycles. The third kappa shape index (κ3) is 3.49. The van der Waals surface area contributed by atoms with Gasteiger partial charge < -0.3 is 5.11 Å². The van der Waals surface area contributed by atoms with E-state index in [-0.39, 0.29) is 17.0 Å². The maximum atomic E-state index is 13.0. The van der Waals surface area contributed by atoms with Crippen LogP contribution in [0.1, 0.15) is 17.2 Å². The second-order valence-corrected chi connectivity index (χ2v) is 4.58. The molecular formula is C14H10ClF3O. The van der Waals surface area contributed by atoms with E-state index in [1.165, 1.54) is 18.2 Å². The van der Waals surface area contributed by atoms with Crippen molar-refractivity contribution in [1.29, 1.82) is 0 Å². The van der Waals surface area contributed by atoms with Crippen molar-refractivity contribution in [2.75, 3.05) is 0 Å². The van der Waals surface area contributed by atoms with Gasteiger partial charge in [-0.2, -0.15) is 0 Å². The molecule has 1 nitrogen and oxygen atoms in total. The zero-order valence-electron chi connectivity index (χ0n) is 9.71. The van der Waals surface area contributed by atoms with Crippen molar-refractivity contribution in [2.45, 2.75) is 12.5 Å². The van der Waals surface area contributed by atoms with E-state index in [1.54, 1.807) is 0 Å². The molecule has 2 rings (SSSR count). The Labute approximate surface area is 113 Å². The lowest BCUT2D eigenvalue weighted by Crippen LogP contribution is -2.03. The van der Waals surface area contributed by atoms with Crippen molar-refractivity contribution in [3.8, 4) is 0 Å². The molecular weight excluding hydrogens is 277 g/mol. The van der Waals surface area contributed by atoms with Gasteiger partial charge in [0, 0.05) is 12.5 Å². The molecule has 0 heterocycles. The van der Waals surface area contributed by atoms with E-state index in [0.29, 0.717) is 5.56 Å². The molecule has 0 spiro atoms. The van der Waals surface area contributed by atoms with E-state index in [0.717, 1.165) is 18.2 Å². The Morgan fingerprint density at radius 1 is 1.00 bits per heavy atom. The van der Waals surface area contributed by atoms with Gasteiger partial charge >= 0.3 is 0 Å². The van der Waals surface area contributed by atoms with Crippen LogP contribution in [0, 0.1) is 17.5 Å². The summed E-state index contributed by atoms with van der Waals surface area (Å²) in [7, 11) is 0. The lowest BCUT2D eigenvalue weighted by atomic mass is 10.0. The normalized spacial score (nSPS) is 12.5. The Hall–Kier alpha value is -1.52. The van der Waals surface area contributed by atoms with Crippen LogP contribution in [-0.4, -0.2) is 5.11 Å². The van der Waals surface area contributed by atoms with Gasteiger partial charge in [0.1, 0.15) is 17.5 Å². The molecule has 100 valence electrons. The number of rotatable bonds is 3. The Bertz CT molecular complexity index is 581. The topological polar surface area (TPSA) is 20.2 Å². The van der Waals surface area contributed by atoms with Gasteiger partial charge in [0.15, 0.2) is 0 Å². The first-order chi connectivity index (χ1) is 8.95. The van der Waals surface area contributed by atoms with E-state index in [4.69, 9.17) is 11.6 Å². The summed E-state index contributed by atoms with van der Waals surface area (Å²) in [4.78, 5) is 0. The SMILES string of the molecule is OC(Cc1ccc(F)c(Cl)c1)c1cc(F)cc(F)c1. The van der Waals surface area contributed by atoms with Crippen LogP contribution in [0.2, 0.25) is 5.02 Å². The summed E-state index contributed by atoms with van der Waals surface area (Å²) in [5, 5.41) is 9.85. The zero-order valence-corrected chi connectivity index (χ0v) is 10.5. The quantitative estimate of drug-likeness (QED) is 0.903. The first-order valence-corrected chi connectivity index (χ1v) is 5.91. The average Bonchev–Trinajstić information content (AvgIpc) is 2.32. The second kappa shape index (κ2) is 5.63. The molecule has 1 N–H and O–H groups in total. The van der Waals surface area contributed by atoms with Crippen LogP contribution in [-0.2, 0) is 6.42 Å². The molecule has 0 fully saturated rings. The molecule has 5 heteroatoms. The lowest BCUT2D eigenvalue weighted by molar-refractivity contribution is 0.177. The lowest BCUT2D eigenvalue weighted by Gasteiger charge is -2.12. The Morgan fingerprint density at radius 2 is 1.63 bits per heavy atom. The van der Waals surface area contributed by atoms with Gasteiger partial charge in [-0.15, -0.1) is 0 Å². The highest BCUT2D eigenvalue weighted by Gasteiger charge is 2.12. The first kappa shape index (κ1) is 13.9. The molecule has 0 radical (unpaired) electrons. The van der Waals surface area contributed by atoms with Crippen molar-refractivity contribution >= 4 is 11.6 Å². The van der Waals surface area contributed by atoms with E-state index in [2.05, 4.69) is 0 Å². The highest BCUT2D eigenvalue weighted by atomic mass is 35.5. The Morgan fingerprint density at radius 3 is 2.21 bits per heavy atom. The molecule has 2 aromatic rings. The third-order valence-electron chi connectivity index (χ3n) is 2.68. The van der Waals surface area contributed by atoms with Crippen molar-refractivity contribution < 1.29 is 18.3 Å². The van der Waals surface area contributed by atoms with E-state index >= 15 is 0 Å². The second-order valence-electron chi connectivity index (χ2n) is 4.17. The predicted octanol–water partition coefficient (Wildman–Crippen LogP) is 4.03. The van der Waals surface area contributed by atoms with E-state index < -0.39 is 23.6 Å². The van der Waals surface area contributed by atoms with Crippen molar-refractivity contribution in [2.24, 2.45) is 0 Å². The number of benzene rings is 2. The van der Waals surface area contributed by atoms with Crippen molar-refractivity contribution in [3.63, 3.8) is 0 Å². The molecule has 19 heavy (non-hydrogen) atoms. The van der Waals surface area contributed by atoms with Crippen LogP contribution < -0.4 is 0 Å². The number of aliphatic hydroxyl groups is 1. The molecule has 0 aliphatic carbocycles. The van der Waals surface area contributed by atoms with Crippen molar-refractivity contribution in [3.05, 3.63) is 70.0 Å². The van der Waals surface area contributed by atoms with Gasteiger partial charge in [0.2, 0.25) is 0 Å². The number of hydrogen-bond acceptors (Lipinski definition) is 1. The summed E-state index contributed by atoms with van der Waals surface area (Å²) in [6.45, 7) is 0. The molecule has 0 bridgehead atoms. The van der Waals surface area contributed by atoms with E-state index in [9.17, 15) is 18.3 Å². The summed E-state index contributed by atoms with van der Waals surface area (Å²) < 4.78 is 39.0. The summed E-state index contributed by atoms with van der Waals surface area (Å²) in [6, 6.07) is 6.84. The molecule has 0 saturated carbocycles. The molecule has 0 aliphatic heterocycles. The maximum Gasteiger partial charge on any atom is 0.141 e. The first-order valence-electron chi connectivity index (χ1n) is 5.53. The average molecular weight is 287 g/mol. The van der Waals surface area contributed by atoms with Gasteiger partial charge in [-0.05, 0) is 35.4 Å². The summed E-state index contributed by atoms with van der Waals surface area (Å²) in [6.07, 6.45) is -1.00. The van der Waals surface area contributed by atoms with Crippen LogP contribution in [0.3, 0.4) is 0 Å². The summed E-state index contributed by atoms with van der Waals surface area (Å²) in [5.41, 5.74) is 0.696. The van der Waals surface area contributed by atoms with Gasteiger partial charge in [0.25, 0.3) is 0 Å². The molecule has 1 unspecified atom stereocenters. The van der Waals surface area contributed by atoms with Gasteiger partial charge in [-0.3, -0.25) is 0 Å². The van der Waals surface area contributed by atoms with Crippen LogP contribution in [0.4, 0.5) is 13.2 Å². The highest BCUT2D eigenvalue weighted by molar-refractivity contribution is 6.30. The van der Waals surface area contributed by atoms with Crippen LogP contribution >= 0.6 is 11.6 Å². The fourth-order valence-corrected chi connectivity index (χ4v) is 1.98. The monoisotopic (exact) mass is 286 g/mol. The zero-order chi connectivity index (χ0) is 14.0. The number of hydrogen-bond donors (Lipinski definition) is 1. The van der Waals surface area contributed by atoms with Crippen molar-refractivity contribution in [1.82, 2.24) is 0 Å². The van der Waals surface area contributed by atoms with Gasteiger partial charge in [-0.1, -0.05) is 17.7 Å². The minimum atomic E-state index is -1.09. The Kier molecular flexibility index (Phi) is 4.12. The van der Waals surface area contributed by atoms with Crippen LogP contribution in [0.5, 0.6) is 0 Å². The predicted molar refractivity (Wildman–Crippen MR) is 66.4 cm³/mol. The van der Waals surface area contributed by atoms with Crippen LogP contribution in [0.25, 0.3) is 0 Å². The molecule has 0 aromatic heterocycles. The van der Waals surface area contributed by atoms with Gasteiger partial charge in [-0.25, -0.2) is 13.2 Å². The molecule has 2 aromatic carbocycles. The molecule has 0 aliphatic rings. The fraction of sp³-hybridized carbons (Fsp3) is 0.143. The number of halogens is 4. The largest absolute Gasteiger partial charge is 0.388 e. The van der Waals surface area contributed by atoms with Gasteiger partial charge in [0.05, 0.1) is 11.1 Å². The van der Waals surface area contributed by atoms with E-state index in [1.807, 2.05) is 0 Å².